The lowest BCUT2D eigenvalue weighted by atomic mass is 10.2. The van der Waals surface area contributed by atoms with E-state index >= 15 is 0 Å². The van der Waals surface area contributed by atoms with Gasteiger partial charge < -0.3 is 5.32 Å². The van der Waals surface area contributed by atoms with Gasteiger partial charge in [-0.15, -0.1) is 12.4 Å². The highest BCUT2D eigenvalue weighted by Gasteiger charge is 2.36. The summed E-state index contributed by atoms with van der Waals surface area (Å²) in [5.74, 6) is 0. The maximum Gasteiger partial charge on any atom is 0.244 e. The van der Waals surface area contributed by atoms with Crippen LogP contribution < -0.4 is 5.32 Å². The number of aryl methyl sites for hydroxylation is 1. The van der Waals surface area contributed by atoms with Crippen molar-refractivity contribution in [2.75, 3.05) is 39.3 Å². The summed E-state index contributed by atoms with van der Waals surface area (Å²) in [4.78, 5) is 2.62. The standard InChI is InChI=1S/C15H22ClN3O2S.ClH/c1-12-3-2-4-14(15(12)16)22(20,21)19-8-5-13(11-19)18-9-6-17-7-10-18;/h2-4,13,17H,5-11H2,1H3;1H. The Morgan fingerprint density at radius 3 is 2.61 bits per heavy atom. The van der Waals surface area contributed by atoms with Gasteiger partial charge in [-0.25, -0.2) is 8.42 Å². The molecule has 130 valence electrons. The Morgan fingerprint density at radius 2 is 1.91 bits per heavy atom. The molecule has 0 aromatic heterocycles. The monoisotopic (exact) mass is 379 g/mol. The highest BCUT2D eigenvalue weighted by atomic mass is 35.5. The molecule has 5 nitrogen and oxygen atoms in total. The summed E-state index contributed by atoms with van der Waals surface area (Å²) in [5, 5.41) is 3.67. The molecule has 0 bridgehead atoms. The Hall–Kier alpha value is -0.370. The molecule has 2 heterocycles. The van der Waals surface area contributed by atoms with Crippen molar-refractivity contribution in [3.05, 3.63) is 28.8 Å². The molecule has 3 rings (SSSR count). The average molecular weight is 380 g/mol. The predicted octanol–water partition coefficient (Wildman–Crippen LogP) is 1.74. The van der Waals surface area contributed by atoms with Crippen molar-refractivity contribution in [2.45, 2.75) is 24.3 Å². The van der Waals surface area contributed by atoms with E-state index in [0.29, 0.717) is 24.2 Å². The van der Waals surface area contributed by atoms with Crippen LogP contribution in [0.3, 0.4) is 0 Å². The summed E-state index contributed by atoms with van der Waals surface area (Å²) >= 11 is 6.22. The molecule has 0 radical (unpaired) electrons. The molecule has 2 aliphatic rings. The van der Waals surface area contributed by atoms with E-state index in [-0.39, 0.29) is 17.3 Å². The Bertz CT molecular complexity index is 648. The Labute approximate surface area is 149 Å². The maximum absolute atomic E-state index is 12.8. The molecule has 0 saturated carbocycles. The lowest BCUT2D eigenvalue weighted by molar-refractivity contribution is 0.179. The fourth-order valence-corrected chi connectivity index (χ4v) is 5.28. The van der Waals surface area contributed by atoms with E-state index in [0.717, 1.165) is 38.2 Å². The van der Waals surface area contributed by atoms with Gasteiger partial charge in [-0.05, 0) is 25.0 Å². The minimum atomic E-state index is -3.50. The van der Waals surface area contributed by atoms with E-state index in [2.05, 4.69) is 10.2 Å². The molecule has 2 fully saturated rings. The van der Waals surface area contributed by atoms with Crippen LogP contribution in [0.2, 0.25) is 5.02 Å². The number of piperazine rings is 1. The quantitative estimate of drug-likeness (QED) is 0.868. The normalized spacial score (nSPS) is 23.7. The van der Waals surface area contributed by atoms with Gasteiger partial charge in [-0.1, -0.05) is 23.7 Å². The summed E-state index contributed by atoms with van der Waals surface area (Å²) < 4.78 is 27.3. The van der Waals surface area contributed by atoms with E-state index in [1.807, 2.05) is 13.0 Å². The number of hydrogen-bond acceptors (Lipinski definition) is 4. The number of benzene rings is 1. The number of sulfonamides is 1. The lowest BCUT2D eigenvalue weighted by Crippen LogP contribution is -2.49. The van der Waals surface area contributed by atoms with Crippen molar-refractivity contribution in [3.63, 3.8) is 0 Å². The fraction of sp³-hybridized carbons (Fsp3) is 0.600. The highest BCUT2D eigenvalue weighted by molar-refractivity contribution is 7.89. The number of hydrogen-bond donors (Lipinski definition) is 1. The number of halogens is 2. The minimum Gasteiger partial charge on any atom is -0.314 e. The number of nitrogens with zero attached hydrogens (tertiary/aromatic N) is 2. The van der Waals surface area contributed by atoms with Crippen LogP contribution in [0.4, 0.5) is 0 Å². The predicted molar refractivity (Wildman–Crippen MR) is 95.0 cm³/mol. The van der Waals surface area contributed by atoms with Crippen molar-refractivity contribution in [3.8, 4) is 0 Å². The molecule has 0 amide bonds. The molecule has 1 unspecified atom stereocenters. The molecule has 8 heteroatoms. The summed E-state index contributed by atoms with van der Waals surface area (Å²) in [7, 11) is -3.50. The van der Waals surface area contributed by atoms with Gasteiger partial charge in [0.25, 0.3) is 0 Å². The van der Waals surface area contributed by atoms with Crippen LogP contribution in [0.5, 0.6) is 0 Å². The van der Waals surface area contributed by atoms with Gasteiger partial charge in [0.05, 0.1) is 5.02 Å². The van der Waals surface area contributed by atoms with Crippen LogP contribution in [-0.2, 0) is 10.0 Å². The van der Waals surface area contributed by atoms with Gasteiger partial charge in [-0.3, -0.25) is 4.90 Å². The molecule has 2 aliphatic heterocycles. The van der Waals surface area contributed by atoms with Gasteiger partial charge in [0.1, 0.15) is 4.90 Å². The molecule has 0 spiro atoms. The van der Waals surface area contributed by atoms with Gasteiger partial charge >= 0.3 is 0 Å². The fourth-order valence-electron chi connectivity index (χ4n) is 3.23. The number of nitrogens with one attached hydrogen (secondary N) is 1. The van der Waals surface area contributed by atoms with Crippen LogP contribution in [0.1, 0.15) is 12.0 Å². The Morgan fingerprint density at radius 1 is 1.22 bits per heavy atom. The van der Waals surface area contributed by atoms with Crippen molar-refractivity contribution >= 4 is 34.0 Å². The molecule has 1 aromatic carbocycles. The molecule has 0 aliphatic carbocycles. The average Bonchev–Trinajstić information content (AvgIpc) is 3.01. The zero-order chi connectivity index (χ0) is 15.7. The van der Waals surface area contributed by atoms with Crippen LogP contribution in [0.25, 0.3) is 0 Å². The lowest BCUT2D eigenvalue weighted by Gasteiger charge is -2.32. The second-order valence-corrected chi connectivity index (χ2v) is 8.26. The first kappa shape index (κ1) is 19.0. The maximum atomic E-state index is 12.8. The second kappa shape index (κ2) is 7.68. The summed E-state index contributed by atoms with van der Waals surface area (Å²) in [5.41, 5.74) is 0.792. The van der Waals surface area contributed by atoms with Crippen molar-refractivity contribution in [1.29, 1.82) is 0 Å². The van der Waals surface area contributed by atoms with E-state index in [4.69, 9.17) is 11.6 Å². The summed E-state index contributed by atoms with van der Waals surface area (Å²) in [6.45, 7) is 6.90. The zero-order valence-electron chi connectivity index (χ0n) is 13.2. The SMILES string of the molecule is Cc1cccc(S(=O)(=O)N2CCC(N3CCNCC3)C2)c1Cl.Cl. The van der Waals surface area contributed by atoms with Crippen LogP contribution >= 0.6 is 24.0 Å². The van der Waals surface area contributed by atoms with E-state index in [9.17, 15) is 8.42 Å². The van der Waals surface area contributed by atoms with Crippen molar-refractivity contribution in [2.24, 2.45) is 0 Å². The van der Waals surface area contributed by atoms with Gasteiger partial charge in [0, 0.05) is 45.3 Å². The van der Waals surface area contributed by atoms with Gasteiger partial charge in [0.2, 0.25) is 10.0 Å². The van der Waals surface area contributed by atoms with Crippen LogP contribution in [-0.4, -0.2) is 62.9 Å². The molecule has 1 atom stereocenters. The highest BCUT2D eigenvalue weighted by Crippen LogP contribution is 2.30. The van der Waals surface area contributed by atoms with Gasteiger partial charge in [0.15, 0.2) is 0 Å². The Balaban J connectivity index is 0.00000192. The molecular formula is C15H23Cl2N3O2S. The summed E-state index contributed by atoms with van der Waals surface area (Å²) in [6, 6.07) is 5.50. The van der Waals surface area contributed by atoms with E-state index in [1.165, 1.54) is 0 Å². The zero-order valence-corrected chi connectivity index (χ0v) is 15.6. The third kappa shape index (κ3) is 3.83. The summed E-state index contributed by atoms with van der Waals surface area (Å²) in [6.07, 6.45) is 0.892. The first-order valence-electron chi connectivity index (χ1n) is 7.70. The largest absolute Gasteiger partial charge is 0.314 e. The molecule has 23 heavy (non-hydrogen) atoms. The van der Waals surface area contributed by atoms with Crippen molar-refractivity contribution in [1.82, 2.24) is 14.5 Å². The number of rotatable bonds is 3. The van der Waals surface area contributed by atoms with Crippen LogP contribution in [0.15, 0.2) is 23.1 Å². The molecular weight excluding hydrogens is 357 g/mol. The second-order valence-electron chi connectivity index (χ2n) is 5.98. The minimum absolute atomic E-state index is 0. The smallest absolute Gasteiger partial charge is 0.244 e. The third-order valence-corrected chi connectivity index (χ3v) is 7.09. The molecule has 2 saturated heterocycles. The molecule has 1 N–H and O–H groups in total. The van der Waals surface area contributed by atoms with Gasteiger partial charge in [-0.2, -0.15) is 4.31 Å². The molecule has 1 aromatic rings. The Kier molecular flexibility index (Phi) is 6.33. The topological polar surface area (TPSA) is 52.7 Å². The van der Waals surface area contributed by atoms with E-state index < -0.39 is 10.0 Å². The first-order valence-corrected chi connectivity index (χ1v) is 9.52. The van der Waals surface area contributed by atoms with E-state index in [1.54, 1.807) is 16.4 Å². The third-order valence-electron chi connectivity index (χ3n) is 4.57. The van der Waals surface area contributed by atoms with Crippen LogP contribution in [0, 0.1) is 6.92 Å². The van der Waals surface area contributed by atoms with Crippen molar-refractivity contribution < 1.29 is 8.42 Å². The first-order chi connectivity index (χ1) is 10.5.